The Labute approximate surface area is 138 Å². The molecule has 0 saturated carbocycles. The van der Waals surface area contributed by atoms with Crippen LogP contribution in [0.25, 0.3) is 0 Å². The number of hydrogen-bond donors (Lipinski definition) is 3. The molecule has 23 heavy (non-hydrogen) atoms. The lowest BCUT2D eigenvalue weighted by molar-refractivity contribution is 0.0396. The zero-order valence-electron chi connectivity index (χ0n) is 13.9. The number of amides is 2. The number of fused-ring (bicyclic) bond motifs is 1. The van der Waals surface area contributed by atoms with Gasteiger partial charge in [0.2, 0.25) is 0 Å². The maximum atomic E-state index is 11.6. The molecule has 0 saturated heterocycles. The zero-order valence-corrected chi connectivity index (χ0v) is 13.9. The van der Waals surface area contributed by atoms with E-state index in [-0.39, 0.29) is 24.8 Å². The van der Waals surface area contributed by atoms with Crippen molar-refractivity contribution < 1.29 is 14.6 Å². The van der Waals surface area contributed by atoms with Gasteiger partial charge in [-0.05, 0) is 43.2 Å². The molecular formula is C18H28N2O3. The Hall–Kier alpha value is -1.59. The molecule has 1 aromatic carbocycles. The summed E-state index contributed by atoms with van der Waals surface area (Å²) >= 11 is 0. The first-order chi connectivity index (χ1) is 11.2. The monoisotopic (exact) mass is 320 g/mol. The topological polar surface area (TPSA) is 70.6 Å². The number of nitrogens with one attached hydrogen (secondary N) is 2. The van der Waals surface area contributed by atoms with Crippen LogP contribution in [0.2, 0.25) is 0 Å². The second-order valence-corrected chi connectivity index (χ2v) is 5.99. The van der Waals surface area contributed by atoms with E-state index < -0.39 is 0 Å². The van der Waals surface area contributed by atoms with E-state index in [2.05, 4.69) is 34.9 Å². The Balaban J connectivity index is 1.64. The summed E-state index contributed by atoms with van der Waals surface area (Å²) in [4.78, 5) is 11.6. The van der Waals surface area contributed by atoms with Crippen molar-refractivity contribution in [2.24, 2.45) is 0 Å². The molecule has 2 rings (SSSR count). The Morgan fingerprint density at radius 1 is 1.43 bits per heavy atom. The van der Waals surface area contributed by atoms with Gasteiger partial charge in [-0.1, -0.05) is 31.2 Å². The van der Waals surface area contributed by atoms with Gasteiger partial charge in [-0.2, -0.15) is 0 Å². The third-order valence-electron chi connectivity index (χ3n) is 4.29. The molecule has 0 radical (unpaired) electrons. The van der Waals surface area contributed by atoms with Crippen LogP contribution >= 0.6 is 0 Å². The third kappa shape index (κ3) is 5.52. The standard InChI is InChI=1S/C18H28N2O3/c1-2-15(13-21)20-18(22)19-11-6-12-23-17-10-5-8-14-7-3-4-9-16(14)17/h3-4,7,9,15,17,21H,2,5-6,8,10-13H2,1H3,(H2,19,20,22). The van der Waals surface area contributed by atoms with E-state index in [1.165, 1.54) is 17.5 Å². The van der Waals surface area contributed by atoms with Crippen molar-refractivity contribution in [3.8, 4) is 0 Å². The predicted octanol–water partition coefficient (Wildman–Crippen LogP) is 2.54. The molecule has 2 amide bonds. The van der Waals surface area contributed by atoms with Gasteiger partial charge in [0, 0.05) is 13.2 Å². The molecule has 5 nitrogen and oxygen atoms in total. The summed E-state index contributed by atoms with van der Waals surface area (Å²) in [5, 5.41) is 14.6. The smallest absolute Gasteiger partial charge is 0.315 e. The highest BCUT2D eigenvalue weighted by Gasteiger charge is 2.19. The normalized spacial score (nSPS) is 18.1. The van der Waals surface area contributed by atoms with Crippen LogP contribution in [-0.4, -0.2) is 36.9 Å². The lowest BCUT2D eigenvalue weighted by Gasteiger charge is -2.25. The van der Waals surface area contributed by atoms with Crippen molar-refractivity contribution in [2.45, 2.75) is 51.2 Å². The lowest BCUT2D eigenvalue weighted by Crippen LogP contribution is -2.43. The molecule has 1 aliphatic carbocycles. The number of aliphatic hydroxyl groups excluding tert-OH is 1. The molecule has 0 fully saturated rings. The molecule has 0 spiro atoms. The van der Waals surface area contributed by atoms with Crippen molar-refractivity contribution in [1.29, 1.82) is 0 Å². The first-order valence-electron chi connectivity index (χ1n) is 8.59. The van der Waals surface area contributed by atoms with E-state index in [1.807, 2.05) is 6.92 Å². The molecule has 3 N–H and O–H groups in total. The fourth-order valence-corrected chi connectivity index (χ4v) is 2.90. The van der Waals surface area contributed by atoms with E-state index in [4.69, 9.17) is 9.84 Å². The van der Waals surface area contributed by atoms with Crippen LogP contribution < -0.4 is 10.6 Å². The fraction of sp³-hybridized carbons (Fsp3) is 0.611. The highest BCUT2D eigenvalue weighted by atomic mass is 16.5. The van der Waals surface area contributed by atoms with Crippen LogP contribution in [0.4, 0.5) is 4.79 Å². The van der Waals surface area contributed by atoms with E-state index in [9.17, 15) is 4.79 Å². The lowest BCUT2D eigenvalue weighted by atomic mass is 9.89. The molecule has 0 aliphatic heterocycles. The van der Waals surface area contributed by atoms with Crippen LogP contribution in [-0.2, 0) is 11.2 Å². The van der Waals surface area contributed by atoms with Crippen LogP contribution in [0.15, 0.2) is 24.3 Å². The highest BCUT2D eigenvalue weighted by molar-refractivity contribution is 5.74. The Bertz CT molecular complexity index is 489. The summed E-state index contributed by atoms with van der Waals surface area (Å²) in [6.07, 6.45) is 5.06. The van der Waals surface area contributed by atoms with Crippen LogP contribution in [0, 0.1) is 0 Å². The fourth-order valence-electron chi connectivity index (χ4n) is 2.90. The maximum Gasteiger partial charge on any atom is 0.315 e. The van der Waals surface area contributed by atoms with Gasteiger partial charge in [0.05, 0.1) is 18.8 Å². The van der Waals surface area contributed by atoms with Gasteiger partial charge in [-0.15, -0.1) is 0 Å². The average Bonchev–Trinajstić information content (AvgIpc) is 2.59. The molecule has 0 bridgehead atoms. The first-order valence-corrected chi connectivity index (χ1v) is 8.59. The summed E-state index contributed by atoms with van der Waals surface area (Å²) in [5.74, 6) is 0. The van der Waals surface area contributed by atoms with E-state index in [0.29, 0.717) is 19.6 Å². The number of hydrogen-bond acceptors (Lipinski definition) is 3. The van der Waals surface area contributed by atoms with Gasteiger partial charge in [-0.3, -0.25) is 0 Å². The third-order valence-corrected chi connectivity index (χ3v) is 4.29. The van der Waals surface area contributed by atoms with Crippen molar-refractivity contribution in [3.05, 3.63) is 35.4 Å². The van der Waals surface area contributed by atoms with Gasteiger partial charge < -0.3 is 20.5 Å². The number of carbonyl (C=O) groups excluding carboxylic acids is 1. The Morgan fingerprint density at radius 2 is 2.26 bits per heavy atom. The minimum atomic E-state index is -0.228. The molecule has 1 aromatic rings. The van der Waals surface area contributed by atoms with Crippen LogP contribution in [0.3, 0.4) is 0 Å². The van der Waals surface area contributed by atoms with Crippen molar-refractivity contribution in [2.75, 3.05) is 19.8 Å². The number of rotatable bonds is 8. The number of carbonyl (C=O) groups is 1. The van der Waals surface area contributed by atoms with Crippen LogP contribution in [0.5, 0.6) is 0 Å². The van der Waals surface area contributed by atoms with Gasteiger partial charge >= 0.3 is 6.03 Å². The first kappa shape index (κ1) is 17.8. The van der Waals surface area contributed by atoms with E-state index in [0.717, 1.165) is 19.3 Å². The van der Waals surface area contributed by atoms with Gasteiger partial charge in [-0.25, -0.2) is 4.79 Å². The molecule has 0 aromatic heterocycles. The number of urea groups is 1. The van der Waals surface area contributed by atoms with Crippen molar-refractivity contribution in [1.82, 2.24) is 10.6 Å². The minimum absolute atomic E-state index is 0.0336. The number of ether oxygens (including phenoxy) is 1. The summed E-state index contributed by atoms with van der Waals surface area (Å²) in [6, 6.07) is 8.09. The second kappa shape index (κ2) is 9.53. The Kier molecular flexibility index (Phi) is 7.36. The summed E-state index contributed by atoms with van der Waals surface area (Å²) in [7, 11) is 0. The summed E-state index contributed by atoms with van der Waals surface area (Å²) in [5.41, 5.74) is 2.72. The number of aliphatic hydroxyl groups is 1. The quantitative estimate of drug-likeness (QED) is 0.645. The molecular weight excluding hydrogens is 292 g/mol. The largest absolute Gasteiger partial charge is 0.394 e. The molecule has 5 heteroatoms. The van der Waals surface area contributed by atoms with Crippen molar-refractivity contribution in [3.63, 3.8) is 0 Å². The second-order valence-electron chi connectivity index (χ2n) is 5.99. The molecule has 2 atom stereocenters. The van der Waals surface area contributed by atoms with E-state index in [1.54, 1.807) is 0 Å². The Morgan fingerprint density at radius 3 is 3.04 bits per heavy atom. The minimum Gasteiger partial charge on any atom is -0.394 e. The maximum absolute atomic E-state index is 11.6. The van der Waals surface area contributed by atoms with E-state index >= 15 is 0 Å². The molecule has 0 heterocycles. The van der Waals surface area contributed by atoms with Crippen molar-refractivity contribution >= 4 is 6.03 Å². The molecule has 128 valence electrons. The van der Waals surface area contributed by atoms with Crippen LogP contribution in [0.1, 0.15) is 49.8 Å². The predicted molar refractivity (Wildman–Crippen MR) is 90.4 cm³/mol. The molecule has 2 unspecified atom stereocenters. The number of aryl methyl sites for hydroxylation is 1. The number of benzene rings is 1. The van der Waals surface area contributed by atoms with Gasteiger partial charge in [0.1, 0.15) is 0 Å². The van der Waals surface area contributed by atoms with Gasteiger partial charge in [0.25, 0.3) is 0 Å². The summed E-state index contributed by atoms with van der Waals surface area (Å²) in [6.45, 7) is 3.10. The summed E-state index contributed by atoms with van der Waals surface area (Å²) < 4.78 is 6.00. The highest BCUT2D eigenvalue weighted by Crippen LogP contribution is 2.32. The zero-order chi connectivity index (χ0) is 16.5. The molecule has 1 aliphatic rings. The average molecular weight is 320 g/mol. The SMILES string of the molecule is CCC(CO)NC(=O)NCCCOC1CCCc2ccccc21. The van der Waals surface area contributed by atoms with Gasteiger partial charge in [0.15, 0.2) is 0 Å².